The van der Waals surface area contributed by atoms with Crippen molar-refractivity contribution in [1.82, 2.24) is 0 Å². The molecule has 4 nitrogen and oxygen atoms in total. The van der Waals surface area contributed by atoms with Crippen LogP contribution >= 0.6 is 0 Å². The lowest BCUT2D eigenvalue weighted by molar-refractivity contribution is -0.139. The number of hydrogen-bond acceptors (Lipinski definition) is 3. The molecule has 13 heavy (non-hydrogen) atoms. The minimum Gasteiger partial charge on any atom is -0.481 e. The standard InChI is InChI=1S/C9H13NO3/c11-9(12)5-7-4-8(10-13-7)6-2-1-3-6/h6-7H,1-5H2,(H,11,12). The average molecular weight is 183 g/mol. The van der Waals surface area contributed by atoms with Crippen LogP contribution in [0.25, 0.3) is 0 Å². The van der Waals surface area contributed by atoms with Gasteiger partial charge in [0.15, 0.2) is 0 Å². The summed E-state index contributed by atoms with van der Waals surface area (Å²) >= 11 is 0. The van der Waals surface area contributed by atoms with Gasteiger partial charge in [0, 0.05) is 12.3 Å². The molecule has 0 spiro atoms. The Balaban J connectivity index is 1.81. The lowest BCUT2D eigenvalue weighted by atomic mass is 9.80. The minimum atomic E-state index is -0.810. The van der Waals surface area contributed by atoms with Crippen molar-refractivity contribution in [2.45, 2.75) is 38.2 Å². The number of aliphatic carboxylic acids is 1. The van der Waals surface area contributed by atoms with Gasteiger partial charge < -0.3 is 9.94 Å². The number of carbonyl (C=O) groups is 1. The smallest absolute Gasteiger partial charge is 0.307 e. The third kappa shape index (κ3) is 1.82. The fraction of sp³-hybridized carbons (Fsp3) is 0.778. The van der Waals surface area contributed by atoms with Crippen molar-refractivity contribution in [2.75, 3.05) is 0 Å². The van der Waals surface area contributed by atoms with Crippen LogP contribution in [-0.4, -0.2) is 22.9 Å². The SMILES string of the molecule is O=C(O)CC1CC(C2CCC2)=NO1. The zero-order valence-corrected chi connectivity index (χ0v) is 7.40. The Morgan fingerprint density at radius 2 is 2.38 bits per heavy atom. The molecule has 4 heteroatoms. The second-order valence-electron chi connectivity index (χ2n) is 3.74. The molecule has 0 aromatic rings. The van der Waals surface area contributed by atoms with E-state index < -0.39 is 5.97 Å². The summed E-state index contributed by atoms with van der Waals surface area (Å²) in [6.07, 6.45) is 4.24. The van der Waals surface area contributed by atoms with Crippen LogP contribution in [-0.2, 0) is 9.63 Å². The number of carboxylic acid groups (broad SMARTS) is 1. The van der Waals surface area contributed by atoms with E-state index in [9.17, 15) is 4.79 Å². The first-order valence-corrected chi connectivity index (χ1v) is 4.70. The Morgan fingerprint density at radius 1 is 1.62 bits per heavy atom. The largest absolute Gasteiger partial charge is 0.481 e. The zero-order chi connectivity index (χ0) is 9.26. The molecule has 0 amide bonds. The van der Waals surface area contributed by atoms with Gasteiger partial charge in [0.05, 0.1) is 12.1 Å². The van der Waals surface area contributed by atoms with Crippen LogP contribution in [0.5, 0.6) is 0 Å². The molecule has 1 aliphatic heterocycles. The van der Waals surface area contributed by atoms with E-state index in [0.29, 0.717) is 5.92 Å². The summed E-state index contributed by atoms with van der Waals surface area (Å²) in [6.45, 7) is 0. The first kappa shape index (κ1) is 8.53. The molecule has 0 aromatic carbocycles. The number of carboxylic acids is 1. The Labute approximate surface area is 76.6 Å². The summed E-state index contributed by atoms with van der Waals surface area (Å²) in [5, 5.41) is 12.5. The van der Waals surface area contributed by atoms with Crippen molar-refractivity contribution >= 4 is 11.7 Å². The van der Waals surface area contributed by atoms with Gasteiger partial charge in [-0.25, -0.2) is 0 Å². The summed E-state index contributed by atoms with van der Waals surface area (Å²) in [4.78, 5) is 15.4. The fourth-order valence-electron chi connectivity index (χ4n) is 1.74. The number of hydrogen-bond donors (Lipinski definition) is 1. The number of oxime groups is 1. The highest BCUT2D eigenvalue weighted by atomic mass is 16.6. The Bertz CT molecular complexity index is 245. The molecule has 1 atom stereocenters. The summed E-state index contributed by atoms with van der Waals surface area (Å²) in [7, 11) is 0. The van der Waals surface area contributed by atoms with Crippen LogP contribution in [0.2, 0.25) is 0 Å². The maximum Gasteiger partial charge on any atom is 0.307 e. The van der Waals surface area contributed by atoms with Gasteiger partial charge in [-0.05, 0) is 12.8 Å². The van der Waals surface area contributed by atoms with Gasteiger partial charge in [-0.2, -0.15) is 0 Å². The molecule has 0 radical (unpaired) electrons. The predicted molar refractivity (Wildman–Crippen MR) is 46.5 cm³/mol. The van der Waals surface area contributed by atoms with E-state index in [1.807, 2.05) is 0 Å². The first-order chi connectivity index (χ1) is 6.25. The highest BCUT2D eigenvalue weighted by molar-refractivity contribution is 5.88. The topological polar surface area (TPSA) is 58.9 Å². The summed E-state index contributed by atoms with van der Waals surface area (Å²) in [5.41, 5.74) is 1.08. The molecule has 1 N–H and O–H groups in total. The second-order valence-corrected chi connectivity index (χ2v) is 3.74. The van der Waals surface area contributed by atoms with Gasteiger partial charge in [-0.1, -0.05) is 11.6 Å². The molecule has 2 rings (SSSR count). The van der Waals surface area contributed by atoms with Crippen LogP contribution < -0.4 is 0 Å². The third-order valence-electron chi connectivity index (χ3n) is 2.73. The Kier molecular flexibility index (Phi) is 2.20. The molecule has 0 aromatic heterocycles. The molecular formula is C9H13NO3. The maximum absolute atomic E-state index is 10.4. The van der Waals surface area contributed by atoms with Crippen molar-refractivity contribution in [3.8, 4) is 0 Å². The fourth-order valence-corrected chi connectivity index (χ4v) is 1.74. The van der Waals surface area contributed by atoms with Crippen LogP contribution in [0, 0.1) is 5.92 Å². The molecule has 2 aliphatic rings. The van der Waals surface area contributed by atoms with E-state index in [2.05, 4.69) is 5.16 Å². The molecule has 0 bridgehead atoms. The van der Waals surface area contributed by atoms with E-state index in [-0.39, 0.29) is 12.5 Å². The number of rotatable bonds is 3. The molecule has 0 saturated heterocycles. The monoisotopic (exact) mass is 183 g/mol. The van der Waals surface area contributed by atoms with Crippen molar-refractivity contribution in [2.24, 2.45) is 11.1 Å². The van der Waals surface area contributed by atoms with Crippen molar-refractivity contribution in [1.29, 1.82) is 0 Å². The van der Waals surface area contributed by atoms with E-state index in [0.717, 1.165) is 12.1 Å². The van der Waals surface area contributed by atoms with Crippen LogP contribution in [0.4, 0.5) is 0 Å². The van der Waals surface area contributed by atoms with Gasteiger partial charge in [0.25, 0.3) is 0 Å². The second kappa shape index (κ2) is 3.36. The number of nitrogens with zero attached hydrogens (tertiary/aromatic N) is 1. The van der Waals surface area contributed by atoms with E-state index in [1.165, 1.54) is 19.3 Å². The molecule has 1 unspecified atom stereocenters. The normalized spacial score (nSPS) is 27.7. The first-order valence-electron chi connectivity index (χ1n) is 4.70. The Morgan fingerprint density at radius 3 is 2.92 bits per heavy atom. The molecule has 1 fully saturated rings. The summed E-state index contributed by atoms with van der Waals surface area (Å²) < 4.78 is 0. The highest BCUT2D eigenvalue weighted by Gasteiger charge is 2.31. The van der Waals surface area contributed by atoms with Crippen LogP contribution in [0.15, 0.2) is 5.16 Å². The Hall–Kier alpha value is -1.06. The average Bonchev–Trinajstić information content (AvgIpc) is 2.31. The van der Waals surface area contributed by atoms with E-state index in [1.54, 1.807) is 0 Å². The molecule has 1 aliphatic carbocycles. The predicted octanol–water partition coefficient (Wildman–Crippen LogP) is 1.41. The van der Waals surface area contributed by atoms with Gasteiger partial charge in [0.2, 0.25) is 0 Å². The lowest BCUT2D eigenvalue weighted by Gasteiger charge is -2.24. The summed E-state index contributed by atoms with van der Waals surface area (Å²) in [6, 6.07) is 0. The van der Waals surface area contributed by atoms with Crippen molar-refractivity contribution in [3.63, 3.8) is 0 Å². The van der Waals surface area contributed by atoms with Gasteiger partial charge >= 0.3 is 5.97 Å². The minimum absolute atomic E-state index is 0.0692. The van der Waals surface area contributed by atoms with Crippen LogP contribution in [0.3, 0.4) is 0 Å². The zero-order valence-electron chi connectivity index (χ0n) is 7.40. The lowest BCUT2D eigenvalue weighted by Crippen LogP contribution is -2.22. The van der Waals surface area contributed by atoms with E-state index in [4.69, 9.17) is 9.94 Å². The molecule has 1 saturated carbocycles. The molecule has 1 heterocycles. The summed E-state index contributed by atoms with van der Waals surface area (Å²) in [5.74, 6) is -0.228. The van der Waals surface area contributed by atoms with Gasteiger partial charge in [0.1, 0.15) is 6.10 Å². The van der Waals surface area contributed by atoms with Crippen molar-refractivity contribution in [3.05, 3.63) is 0 Å². The van der Waals surface area contributed by atoms with Crippen LogP contribution in [0.1, 0.15) is 32.1 Å². The maximum atomic E-state index is 10.4. The quantitative estimate of drug-likeness (QED) is 0.719. The van der Waals surface area contributed by atoms with Gasteiger partial charge in [-0.15, -0.1) is 0 Å². The highest BCUT2D eigenvalue weighted by Crippen LogP contribution is 2.32. The van der Waals surface area contributed by atoms with Gasteiger partial charge in [-0.3, -0.25) is 4.79 Å². The molecular weight excluding hydrogens is 170 g/mol. The van der Waals surface area contributed by atoms with E-state index >= 15 is 0 Å². The van der Waals surface area contributed by atoms with Crippen molar-refractivity contribution < 1.29 is 14.7 Å². The molecule has 72 valence electrons. The third-order valence-corrected chi connectivity index (χ3v) is 2.73.